The number of hydrogen-bond donors (Lipinski definition) is 1. The number of rotatable bonds is 4. The molecule has 0 fully saturated rings. The molecule has 1 aliphatic rings. The van der Waals surface area contributed by atoms with Gasteiger partial charge in [-0.1, -0.05) is 18.2 Å². The van der Waals surface area contributed by atoms with Crippen LogP contribution in [0.2, 0.25) is 0 Å². The van der Waals surface area contributed by atoms with Crippen molar-refractivity contribution in [1.29, 1.82) is 0 Å². The van der Waals surface area contributed by atoms with Gasteiger partial charge in [0.15, 0.2) is 9.84 Å². The number of nitrogens with one attached hydrogen (secondary N) is 1. The zero-order valence-electron chi connectivity index (χ0n) is 13.1. The zero-order valence-corrected chi connectivity index (χ0v) is 13.9. The number of aromatic amines is 1. The van der Waals surface area contributed by atoms with E-state index < -0.39 is 9.84 Å². The molecule has 2 heterocycles. The number of carbonyl (C=O) groups is 1. The average Bonchev–Trinajstić information content (AvgIpc) is 3.02. The predicted molar refractivity (Wildman–Crippen MR) is 88.3 cm³/mol. The molecule has 0 unspecified atom stereocenters. The number of fused-ring (bicyclic) bond motifs is 1. The van der Waals surface area contributed by atoms with Gasteiger partial charge >= 0.3 is 0 Å². The van der Waals surface area contributed by atoms with E-state index in [0.29, 0.717) is 6.54 Å². The van der Waals surface area contributed by atoms with Gasteiger partial charge in [-0.2, -0.15) is 0 Å². The number of nitrogens with zero attached hydrogens (tertiary/aromatic N) is 2. The fraction of sp³-hybridized carbons (Fsp3) is 0.375. The summed E-state index contributed by atoms with van der Waals surface area (Å²) in [4.78, 5) is 21.6. The first kappa shape index (κ1) is 15.7. The van der Waals surface area contributed by atoms with Crippen LogP contribution in [0.1, 0.15) is 17.8 Å². The van der Waals surface area contributed by atoms with Gasteiger partial charge in [0, 0.05) is 24.8 Å². The number of hydrogen-bond acceptors (Lipinski definition) is 4. The van der Waals surface area contributed by atoms with Gasteiger partial charge in [0.1, 0.15) is 5.82 Å². The molecule has 1 aromatic heterocycles. The standard InChI is InChI=1S/C16H19N3O3S/c1-11-4-3-5-13-16(11)18-14(17-13)9-19(2)15(20)8-12-6-7-23(21,22)10-12/h3-7,12H,8-10H2,1-2H3,(H,17,18)/t12-/m0/s1. The van der Waals surface area contributed by atoms with E-state index in [1.807, 2.05) is 25.1 Å². The van der Waals surface area contributed by atoms with Crippen molar-refractivity contribution >= 4 is 26.8 Å². The number of carbonyl (C=O) groups excluding carboxylic acids is 1. The Morgan fingerprint density at radius 3 is 2.87 bits per heavy atom. The van der Waals surface area contributed by atoms with Crippen molar-refractivity contribution in [3.8, 4) is 0 Å². The minimum absolute atomic E-state index is 0.0242. The van der Waals surface area contributed by atoms with Crippen LogP contribution in [0.3, 0.4) is 0 Å². The molecule has 23 heavy (non-hydrogen) atoms. The second-order valence-electron chi connectivity index (χ2n) is 6.03. The number of amides is 1. The summed E-state index contributed by atoms with van der Waals surface area (Å²) < 4.78 is 22.8. The first-order valence-electron chi connectivity index (χ1n) is 7.43. The lowest BCUT2D eigenvalue weighted by Crippen LogP contribution is -2.28. The highest BCUT2D eigenvalue weighted by molar-refractivity contribution is 7.94. The van der Waals surface area contributed by atoms with E-state index in [9.17, 15) is 13.2 Å². The second-order valence-corrected chi connectivity index (χ2v) is 7.96. The van der Waals surface area contributed by atoms with Crippen molar-refractivity contribution in [2.24, 2.45) is 5.92 Å². The highest BCUT2D eigenvalue weighted by Crippen LogP contribution is 2.20. The van der Waals surface area contributed by atoms with Crippen LogP contribution in [0.15, 0.2) is 29.7 Å². The summed E-state index contributed by atoms with van der Waals surface area (Å²) in [6.07, 6.45) is 1.80. The van der Waals surface area contributed by atoms with Crippen LogP contribution in [0.4, 0.5) is 0 Å². The predicted octanol–water partition coefficient (Wildman–Crippen LogP) is 1.78. The molecule has 2 aromatic rings. The molecule has 0 saturated heterocycles. The van der Waals surface area contributed by atoms with Gasteiger partial charge in [-0.05, 0) is 18.6 Å². The molecule has 1 N–H and O–H groups in total. The largest absolute Gasteiger partial charge is 0.340 e. The van der Waals surface area contributed by atoms with Gasteiger partial charge in [0.2, 0.25) is 5.91 Å². The maximum atomic E-state index is 12.3. The van der Waals surface area contributed by atoms with Gasteiger partial charge in [0.25, 0.3) is 0 Å². The van der Waals surface area contributed by atoms with Gasteiger partial charge in [-0.25, -0.2) is 13.4 Å². The summed E-state index contributed by atoms with van der Waals surface area (Å²) in [5.74, 6) is 0.428. The second kappa shape index (κ2) is 5.81. The summed E-state index contributed by atoms with van der Waals surface area (Å²) in [5, 5.41) is 1.20. The Hall–Kier alpha value is -2.15. The molecule has 0 saturated carbocycles. The van der Waals surface area contributed by atoms with Crippen LogP contribution in [0.25, 0.3) is 11.0 Å². The molecule has 1 amide bonds. The molecule has 6 nitrogen and oxygen atoms in total. The van der Waals surface area contributed by atoms with E-state index in [2.05, 4.69) is 9.97 Å². The normalized spacial score (nSPS) is 19.3. The smallest absolute Gasteiger partial charge is 0.223 e. The molecule has 1 aromatic carbocycles. The Bertz CT molecular complexity index is 883. The summed E-state index contributed by atoms with van der Waals surface area (Å²) in [6.45, 7) is 2.37. The molecule has 0 aliphatic carbocycles. The van der Waals surface area contributed by atoms with E-state index in [1.165, 1.54) is 5.41 Å². The lowest BCUT2D eigenvalue weighted by molar-refractivity contribution is -0.131. The number of H-pyrrole nitrogens is 1. The summed E-state index contributed by atoms with van der Waals surface area (Å²) in [7, 11) is -1.41. The van der Waals surface area contributed by atoms with Crippen LogP contribution in [-0.2, 0) is 21.2 Å². The van der Waals surface area contributed by atoms with E-state index >= 15 is 0 Å². The third-order valence-corrected chi connectivity index (χ3v) is 5.48. The average molecular weight is 333 g/mol. The van der Waals surface area contributed by atoms with Gasteiger partial charge in [-0.3, -0.25) is 4.79 Å². The van der Waals surface area contributed by atoms with Gasteiger partial charge < -0.3 is 9.88 Å². The minimum atomic E-state index is -3.12. The number of sulfone groups is 1. The summed E-state index contributed by atoms with van der Waals surface area (Å²) in [6, 6.07) is 5.91. The van der Waals surface area contributed by atoms with Crippen LogP contribution >= 0.6 is 0 Å². The third kappa shape index (κ3) is 3.44. The topological polar surface area (TPSA) is 83.1 Å². The van der Waals surface area contributed by atoms with Crippen LogP contribution in [-0.4, -0.2) is 42.0 Å². The quantitative estimate of drug-likeness (QED) is 0.924. The molecule has 0 spiro atoms. The van der Waals surface area contributed by atoms with Crippen molar-refractivity contribution < 1.29 is 13.2 Å². The Morgan fingerprint density at radius 2 is 2.22 bits per heavy atom. The van der Waals surface area contributed by atoms with E-state index in [1.54, 1.807) is 18.0 Å². The maximum absolute atomic E-state index is 12.3. The summed E-state index contributed by atoms with van der Waals surface area (Å²) in [5.41, 5.74) is 2.94. The Balaban J connectivity index is 1.66. The van der Waals surface area contributed by atoms with Gasteiger partial charge in [0.05, 0.1) is 23.3 Å². The molecule has 7 heteroatoms. The molecule has 0 radical (unpaired) electrons. The van der Waals surface area contributed by atoms with E-state index in [0.717, 1.165) is 22.4 Å². The Labute approximate surface area is 135 Å². The van der Waals surface area contributed by atoms with Crippen molar-refractivity contribution in [1.82, 2.24) is 14.9 Å². The molecule has 122 valence electrons. The third-order valence-electron chi connectivity index (χ3n) is 4.02. The first-order valence-corrected chi connectivity index (χ1v) is 9.15. The Morgan fingerprint density at radius 1 is 1.43 bits per heavy atom. The number of imidazole rings is 1. The Kier molecular flexibility index (Phi) is 3.97. The lowest BCUT2D eigenvalue weighted by atomic mass is 10.1. The zero-order chi connectivity index (χ0) is 16.6. The SMILES string of the molecule is Cc1cccc2[nH]c(CN(C)C(=O)C[C@@H]3C=CS(=O)(=O)C3)nc12. The highest BCUT2D eigenvalue weighted by atomic mass is 32.2. The van der Waals surface area contributed by atoms with Crippen LogP contribution in [0, 0.1) is 12.8 Å². The molecular formula is C16H19N3O3S. The molecule has 1 aliphatic heterocycles. The molecule has 1 atom stereocenters. The van der Waals surface area contributed by atoms with Crippen LogP contribution < -0.4 is 0 Å². The number of aryl methyl sites for hydroxylation is 1. The highest BCUT2D eigenvalue weighted by Gasteiger charge is 2.25. The van der Waals surface area contributed by atoms with E-state index in [-0.39, 0.29) is 24.0 Å². The minimum Gasteiger partial charge on any atom is -0.340 e. The molecular weight excluding hydrogens is 314 g/mol. The summed E-state index contributed by atoms with van der Waals surface area (Å²) >= 11 is 0. The number of aromatic nitrogens is 2. The number of para-hydroxylation sites is 1. The van der Waals surface area contributed by atoms with Crippen molar-refractivity contribution in [3.63, 3.8) is 0 Å². The van der Waals surface area contributed by atoms with Crippen molar-refractivity contribution in [3.05, 3.63) is 41.1 Å². The monoisotopic (exact) mass is 333 g/mol. The maximum Gasteiger partial charge on any atom is 0.223 e. The number of benzene rings is 1. The lowest BCUT2D eigenvalue weighted by Gasteiger charge is -2.17. The fourth-order valence-electron chi connectivity index (χ4n) is 2.76. The first-order chi connectivity index (χ1) is 10.8. The van der Waals surface area contributed by atoms with Crippen molar-refractivity contribution in [2.75, 3.05) is 12.8 Å². The van der Waals surface area contributed by atoms with E-state index in [4.69, 9.17) is 0 Å². The fourth-order valence-corrected chi connectivity index (χ4v) is 4.16. The molecule has 3 rings (SSSR count). The van der Waals surface area contributed by atoms with Crippen LogP contribution in [0.5, 0.6) is 0 Å². The van der Waals surface area contributed by atoms with Gasteiger partial charge in [-0.15, -0.1) is 0 Å². The molecule has 0 bridgehead atoms. The van der Waals surface area contributed by atoms with Crippen molar-refractivity contribution in [2.45, 2.75) is 19.9 Å². The number of allylic oxidation sites excluding steroid dienone is 1.